The molecule has 6 heteroatoms. The molecule has 1 aliphatic rings. The Labute approximate surface area is 179 Å². The van der Waals surface area contributed by atoms with E-state index >= 15 is 0 Å². The number of likely N-dealkylation sites (tertiary alicyclic amines) is 1. The minimum absolute atomic E-state index is 0.0179. The number of hydrogen-bond donors (Lipinski definition) is 0. The van der Waals surface area contributed by atoms with Crippen LogP contribution in [0.3, 0.4) is 0 Å². The lowest BCUT2D eigenvalue weighted by molar-refractivity contribution is -0.113. The van der Waals surface area contributed by atoms with Crippen molar-refractivity contribution in [1.82, 2.24) is 4.90 Å². The maximum atomic E-state index is 13.1. The highest BCUT2D eigenvalue weighted by molar-refractivity contribution is 9.10. The zero-order chi connectivity index (χ0) is 19.5. The predicted octanol–water partition coefficient (Wildman–Crippen LogP) is 5.95. The van der Waals surface area contributed by atoms with Gasteiger partial charge in [-0.25, -0.2) is 0 Å². The summed E-state index contributed by atoms with van der Waals surface area (Å²) in [6.07, 6.45) is 3.63. The quantitative estimate of drug-likeness (QED) is 0.413. The lowest BCUT2D eigenvalue weighted by Crippen LogP contribution is -2.37. The first-order chi connectivity index (χ1) is 13.6. The number of nitrogens with zero attached hydrogens (tertiary/aromatic N) is 1. The van der Waals surface area contributed by atoms with Gasteiger partial charge in [-0.2, -0.15) is 0 Å². The van der Waals surface area contributed by atoms with Gasteiger partial charge in [-0.1, -0.05) is 30.3 Å². The van der Waals surface area contributed by atoms with Gasteiger partial charge in [0.05, 0.1) is 0 Å². The van der Waals surface area contributed by atoms with Crippen molar-refractivity contribution in [3.8, 4) is 0 Å². The topological polar surface area (TPSA) is 46.6 Å². The SMILES string of the molecule is O=C1C(=Cc2ccc(Br)o2)CN(Cc2ccccc2)CC1=Cc1ccc(Br)o1. The maximum Gasteiger partial charge on any atom is 0.187 e. The van der Waals surface area contributed by atoms with Crippen LogP contribution in [0.15, 0.2) is 83.9 Å². The molecule has 4 rings (SSSR count). The molecule has 0 radical (unpaired) electrons. The Morgan fingerprint density at radius 2 is 1.36 bits per heavy atom. The molecule has 0 bridgehead atoms. The van der Waals surface area contributed by atoms with Crippen LogP contribution < -0.4 is 0 Å². The highest BCUT2D eigenvalue weighted by Gasteiger charge is 2.27. The largest absolute Gasteiger partial charge is 0.450 e. The van der Waals surface area contributed by atoms with Crippen LogP contribution in [0, 0.1) is 0 Å². The summed E-state index contributed by atoms with van der Waals surface area (Å²) in [6.45, 7) is 1.88. The lowest BCUT2D eigenvalue weighted by Gasteiger charge is -2.29. The van der Waals surface area contributed by atoms with E-state index in [4.69, 9.17) is 8.83 Å². The molecule has 1 aromatic carbocycles. The summed E-state index contributed by atoms with van der Waals surface area (Å²) in [4.78, 5) is 15.3. The molecule has 0 saturated carbocycles. The molecule has 0 amide bonds. The number of ketones is 1. The summed E-state index contributed by atoms with van der Waals surface area (Å²) in [5.41, 5.74) is 2.60. The molecule has 1 fully saturated rings. The summed E-state index contributed by atoms with van der Waals surface area (Å²) < 4.78 is 12.4. The number of Topliss-reactive ketones (excluding diaryl/α,β-unsaturated/α-hetero) is 1. The highest BCUT2D eigenvalue weighted by Crippen LogP contribution is 2.26. The van der Waals surface area contributed by atoms with Crippen LogP contribution in [-0.4, -0.2) is 23.8 Å². The third-order valence-corrected chi connectivity index (χ3v) is 5.29. The van der Waals surface area contributed by atoms with Crippen LogP contribution in [0.1, 0.15) is 17.1 Å². The van der Waals surface area contributed by atoms with Gasteiger partial charge in [0.2, 0.25) is 0 Å². The molecule has 0 spiro atoms. The Morgan fingerprint density at radius 1 is 0.821 bits per heavy atom. The zero-order valence-corrected chi connectivity index (χ0v) is 18.1. The molecule has 0 atom stereocenters. The molecule has 0 unspecified atom stereocenters. The van der Waals surface area contributed by atoms with Crippen molar-refractivity contribution in [2.75, 3.05) is 13.1 Å². The summed E-state index contributed by atoms with van der Waals surface area (Å²) in [6, 6.07) is 17.6. The summed E-state index contributed by atoms with van der Waals surface area (Å²) >= 11 is 6.61. The number of halogens is 2. The van der Waals surface area contributed by atoms with Gasteiger partial charge in [0, 0.05) is 30.8 Å². The molecule has 3 heterocycles. The van der Waals surface area contributed by atoms with Gasteiger partial charge >= 0.3 is 0 Å². The van der Waals surface area contributed by atoms with Gasteiger partial charge in [-0.05, 0) is 73.8 Å². The third-order valence-electron chi connectivity index (χ3n) is 4.44. The molecule has 2 aromatic heterocycles. The first-order valence-corrected chi connectivity index (χ1v) is 10.4. The number of furan rings is 2. The molecule has 142 valence electrons. The minimum Gasteiger partial charge on any atom is -0.450 e. The monoisotopic (exact) mass is 501 g/mol. The van der Waals surface area contributed by atoms with E-state index in [-0.39, 0.29) is 5.78 Å². The number of rotatable bonds is 4. The molecule has 1 saturated heterocycles. The van der Waals surface area contributed by atoms with Gasteiger partial charge < -0.3 is 8.83 Å². The first-order valence-electron chi connectivity index (χ1n) is 8.79. The summed E-state index contributed by atoms with van der Waals surface area (Å²) in [5.74, 6) is 1.32. The first kappa shape index (κ1) is 19.2. The Kier molecular flexibility index (Phi) is 5.80. The number of benzene rings is 1. The Morgan fingerprint density at radius 3 is 1.82 bits per heavy atom. The molecular formula is C22H17Br2NO3. The minimum atomic E-state index is 0.0179. The Bertz CT molecular complexity index is 984. The normalized spacial score (nSPS) is 18.3. The maximum absolute atomic E-state index is 13.1. The second-order valence-corrected chi connectivity index (χ2v) is 8.15. The van der Waals surface area contributed by atoms with E-state index < -0.39 is 0 Å². The fourth-order valence-electron chi connectivity index (χ4n) is 3.22. The molecule has 28 heavy (non-hydrogen) atoms. The van der Waals surface area contributed by atoms with Crippen LogP contribution in [0.4, 0.5) is 0 Å². The Balaban J connectivity index is 1.66. The fraction of sp³-hybridized carbons (Fsp3) is 0.136. The van der Waals surface area contributed by atoms with Gasteiger partial charge in [-0.3, -0.25) is 9.69 Å². The van der Waals surface area contributed by atoms with Crippen LogP contribution in [-0.2, 0) is 11.3 Å². The molecule has 0 N–H and O–H groups in total. The van der Waals surface area contributed by atoms with Gasteiger partial charge in [-0.15, -0.1) is 0 Å². The molecule has 3 aromatic rings. The van der Waals surface area contributed by atoms with Gasteiger partial charge in [0.15, 0.2) is 15.1 Å². The second kappa shape index (κ2) is 8.47. The summed E-state index contributed by atoms with van der Waals surface area (Å²) in [5, 5.41) is 0. The van der Waals surface area contributed by atoms with Crippen molar-refractivity contribution in [2.45, 2.75) is 6.54 Å². The van der Waals surface area contributed by atoms with Crippen molar-refractivity contribution in [3.63, 3.8) is 0 Å². The smallest absolute Gasteiger partial charge is 0.187 e. The van der Waals surface area contributed by atoms with Crippen LogP contribution in [0.5, 0.6) is 0 Å². The highest BCUT2D eigenvalue weighted by atomic mass is 79.9. The number of hydrogen-bond acceptors (Lipinski definition) is 4. The van der Waals surface area contributed by atoms with E-state index in [9.17, 15) is 4.79 Å². The van der Waals surface area contributed by atoms with Crippen molar-refractivity contribution >= 4 is 49.8 Å². The zero-order valence-electron chi connectivity index (χ0n) is 14.9. The molecule has 4 nitrogen and oxygen atoms in total. The third kappa shape index (κ3) is 4.63. The van der Waals surface area contributed by atoms with Gasteiger partial charge in [0.1, 0.15) is 11.5 Å². The molecule has 1 aliphatic heterocycles. The van der Waals surface area contributed by atoms with E-state index in [1.54, 1.807) is 0 Å². The van der Waals surface area contributed by atoms with Crippen molar-refractivity contribution in [1.29, 1.82) is 0 Å². The van der Waals surface area contributed by atoms with Crippen LogP contribution in [0.2, 0.25) is 0 Å². The molecular weight excluding hydrogens is 486 g/mol. The van der Waals surface area contributed by atoms with E-state index in [0.717, 1.165) is 6.54 Å². The van der Waals surface area contributed by atoms with E-state index in [1.807, 2.05) is 54.6 Å². The number of piperidine rings is 1. The Hall–Kier alpha value is -2.15. The van der Waals surface area contributed by atoms with E-state index in [1.165, 1.54) is 5.56 Å². The van der Waals surface area contributed by atoms with Crippen LogP contribution >= 0.6 is 31.9 Å². The van der Waals surface area contributed by atoms with Crippen LogP contribution in [0.25, 0.3) is 12.2 Å². The average Bonchev–Trinajstić information content (AvgIpc) is 3.27. The van der Waals surface area contributed by atoms with Crippen molar-refractivity contribution < 1.29 is 13.6 Å². The molecule has 0 aliphatic carbocycles. The van der Waals surface area contributed by atoms with E-state index in [2.05, 4.69) is 48.9 Å². The van der Waals surface area contributed by atoms with Crippen molar-refractivity contribution in [3.05, 3.63) is 92.2 Å². The fourth-order valence-corrected chi connectivity index (χ4v) is 3.86. The number of carbonyl (C=O) groups excluding carboxylic acids is 1. The van der Waals surface area contributed by atoms with Crippen molar-refractivity contribution in [2.24, 2.45) is 0 Å². The standard InChI is InChI=1S/C22H17Br2NO3/c23-20-8-6-18(27-20)10-16-13-25(12-15-4-2-1-3-5-15)14-17(22(16)26)11-19-7-9-21(24)28-19/h1-11H,12-14H2. The lowest BCUT2D eigenvalue weighted by atomic mass is 9.95. The summed E-state index contributed by atoms with van der Waals surface area (Å²) in [7, 11) is 0. The van der Waals surface area contributed by atoms with Gasteiger partial charge in [0.25, 0.3) is 0 Å². The van der Waals surface area contributed by atoms with E-state index in [0.29, 0.717) is 45.1 Å². The number of carbonyl (C=O) groups is 1. The second-order valence-electron chi connectivity index (χ2n) is 6.58. The average molecular weight is 503 g/mol. The predicted molar refractivity (Wildman–Crippen MR) is 115 cm³/mol.